The van der Waals surface area contributed by atoms with Crippen molar-refractivity contribution in [1.82, 2.24) is 5.32 Å². The minimum absolute atomic E-state index is 0.683. The molecule has 1 amide bonds. The van der Waals surface area contributed by atoms with Crippen LogP contribution in [0.25, 0.3) is 0 Å². The molecule has 2 aliphatic rings. The summed E-state index contributed by atoms with van der Waals surface area (Å²) >= 11 is 0. The number of rotatable bonds is 8. The van der Waals surface area contributed by atoms with Crippen molar-refractivity contribution in [2.24, 2.45) is 0 Å². The average Bonchev–Trinajstić information content (AvgIpc) is 2.72. The smallest absolute Gasteiger partial charge is 0.312 e. The highest BCUT2D eigenvalue weighted by atomic mass is 16.7. The fourth-order valence-corrected chi connectivity index (χ4v) is 3.50. The summed E-state index contributed by atoms with van der Waals surface area (Å²) in [7, 11) is 1.19. The molecule has 2 fully saturated rings. The molecule has 0 bridgehead atoms. The molecule has 2 aliphatic heterocycles. The first-order valence-corrected chi connectivity index (χ1v) is 9.51. The first kappa shape index (κ1) is 25.8. The molecule has 180 valence electrons. The third kappa shape index (κ3) is 5.48. The second-order valence-electron chi connectivity index (χ2n) is 7.43. The molecule has 2 saturated heterocycles. The Balaban J connectivity index is 2.35. The summed E-state index contributed by atoms with van der Waals surface area (Å²) < 4.78 is 21.4. The second-order valence-corrected chi connectivity index (χ2v) is 7.43. The molecular weight excluding hydrogens is 426 g/mol. The Morgan fingerprint density at radius 3 is 2.26 bits per heavy atom. The van der Waals surface area contributed by atoms with Crippen LogP contribution in [0.1, 0.15) is 13.3 Å². The first-order chi connectivity index (χ1) is 14.5. The molecule has 2 rings (SSSR count). The maximum Gasteiger partial charge on any atom is 0.312 e. The number of amides is 1. The number of carboxylic acid groups (broad SMARTS) is 1. The lowest BCUT2D eigenvalue weighted by Crippen LogP contribution is -2.71. The van der Waals surface area contributed by atoms with Crippen LogP contribution in [-0.4, -0.2) is 129 Å². The lowest BCUT2D eigenvalue weighted by molar-refractivity contribution is -0.397. The Bertz CT molecular complexity index is 619. The van der Waals surface area contributed by atoms with Crippen molar-refractivity contribution in [3.8, 4) is 0 Å². The molecule has 14 heteroatoms. The van der Waals surface area contributed by atoms with Crippen LogP contribution in [0.3, 0.4) is 0 Å². The Morgan fingerprint density at radius 1 is 1.06 bits per heavy atom. The Hall–Kier alpha value is -1.46. The van der Waals surface area contributed by atoms with Crippen molar-refractivity contribution in [2.75, 3.05) is 20.3 Å². The maximum atomic E-state index is 11.8. The van der Waals surface area contributed by atoms with Crippen LogP contribution >= 0.6 is 0 Å². The highest BCUT2D eigenvalue weighted by Gasteiger charge is 2.57. The fourth-order valence-electron chi connectivity index (χ4n) is 3.50. The molecule has 0 aromatic rings. The summed E-state index contributed by atoms with van der Waals surface area (Å²) in [6.07, 6.45) is -15.0. The van der Waals surface area contributed by atoms with E-state index in [9.17, 15) is 40.2 Å². The van der Waals surface area contributed by atoms with E-state index in [0.29, 0.717) is 0 Å². The quantitative estimate of drug-likeness (QED) is 0.161. The van der Waals surface area contributed by atoms with Gasteiger partial charge in [0.05, 0.1) is 19.3 Å². The summed E-state index contributed by atoms with van der Waals surface area (Å²) in [5, 5.41) is 72.2. The number of aliphatic hydroxyl groups excluding tert-OH is 6. The second kappa shape index (κ2) is 10.4. The van der Waals surface area contributed by atoms with Crippen LogP contribution in [0, 0.1) is 0 Å². The van der Waals surface area contributed by atoms with E-state index in [0.717, 1.165) is 0 Å². The molecule has 0 aliphatic carbocycles. The summed E-state index contributed by atoms with van der Waals surface area (Å²) in [5.41, 5.74) is 0. The van der Waals surface area contributed by atoms with E-state index in [1.165, 1.54) is 14.0 Å². The van der Waals surface area contributed by atoms with Gasteiger partial charge < -0.3 is 60.0 Å². The van der Waals surface area contributed by atoms with Crippen LogP contribution in [0.2, 0.25) is 0 Å². The molecule has 0 radical (unpaired) electrons. The number of hydrogen-bond acceptors (Lipinski definition) is 12. The van der Waals surface area contributed by atoms with Crippen molar-refractivity contribution < 1.29 is 64.3 Å². The monoisotopic (exact) mass is 455 g/mol. The first-order valence-electron chi connectivity index (χ1n) is 9.51. The molecular formula is C17H29NO13. The summed E-state index contributed by atoms with van der Waals surface area (Å²) in [6.45, 7) is -0.0635. The molecule has 0 aromatic carbocycles. The number of ether oxygens (including phenoxy) is 4. The van der Waals surface area contributed by atoms with E-state index in [1.54, 1.807) is 0 Å². The van der Waals surface area contributed by atoms with Crippen molar-refractivity contribution in [3.05, 3.63) is 0 Å². The predicted molar refractivity (Wildman–Crippen MR) is 96.2 cm³/mol. The molecule has 0 saturated carbocycles. The number of carbonyl (C=O) groups is 2. The number of aliphatic hydroxyl groups is 6. The van der Waals surface area contributed by atoms with Crippen LogP contribution in [0.5, 0.6) is 0 Å². The number of aliphatic carboxylic acids is 1. The van der Waals surface area contributed by atoms with Gasteiger partial charge in [0, 0.05) is 7.11 Å². The van der Waals surface area contributed by atoms with Crippen molar-refractivity contribution >= 4 is 11.9 Å². The zero-order valence-electron chi connectivity index (χ0n) is 16.9. The van der Waals surface area contributed by atoms with Gasteiger partial charge in [0.15, 0.2) is 6.29 Å². The minimum Gasteiger partial charge on any atom is -0.481 e. The Labute approximate surface area is 176 Å². The van der Waals surface area contributed by atoms with Gasteiger partial charge in [0.2, 0.25) is 11.7 Å². The van der Waals surface area contributed by atoms with Crippen LogP contribution in [0.4, 0.5) is 0 Å². The Morgan fingerprint density at radius 2 is 1.71 bits per heavy atom. The fraction of sp³-hybridized carbons (Fsp3) is 0.882. The number of carboxylic acids is 1. The lowest BCUT2D eigenvalue weighted by atomic mass is 9.91. The van der Waals surface area contributed by atoms with Gasteiger partial charge in [-0.25, -0.2) is 0 Å². The average molecular weight is 455 g/mol. The lowest BCUT2D eigenvalue weighted by Gasteiger charge is -2.51. The molecule has 2 heterocycles. The minimum atomic E-state index is -2.32. The van der Waals surface area contributed by atoms with Gasteiger partial charge in [0.25, 0.3) is 0 Å². The number of hydrogen-bond donors (Lipinski definition) is 8. The van der Waals surface area contributed by atoms with Gasteiger partial charge in [-0.1, -0.05) is 0 Å². The van der Waals surface area contributed by atoms with Crippen LogP contribution < -0.4 is 5.32 Å². The van der Waals surface area contributed by atoms with E-state index in [4.69, 9.17) is 24.1 Å². The highest BCUT2D eigenvalue weighted by molar-refractivity contribution is 5.93. The van der Waals surface area contributed by atoms with E-state index in [-0.39, 0.29) is 0 Å². The van der Waals surface area contributed by atoms with Gasteiger partial charge in [-0.15, -0.1) is 0 Å². The third-order valence-electron chi connectivity index (χ3n) is 5.22. The van der Waals surface area contributed by atoms with Gasteiger partial charge in [0.1, 0.15) is 49.1 Å². The zero-order valence-corrected chi connectivity index (χ0v) is 16.9. The highest BCUT2D eigenvalue weighted by Crippen LogP contribution is 2.35. The summed E-state index contributed by atoms with van der Waals surface area (Å²) in [5.74, 6) is -4.73. The molecule has 14 nitrogen and oxygen atoms in total. The van der Waals surface area contributed by atoms with E-state index < -0.39 is 92.4 Å². The van der Waals surface area contributed by atoms with E-state index >= 15 is 0 Å². The van der Waals surface area contributed by atoms with Crippen molar-refractivity contribution in [2.45, 2.75) is 74.3 Å². The van der Waals surface area contributed by atoms with Gasteiger partial charge >= 0.3 is 5.97 Å². The van der Waals surface area contributed by atoms with Gasteiger partial charge in [-0.2, -0.15) is 0 Å². The van der Waals surface area contributed by atoms with Crippen molar-refractivity contribution in [3.63, 3.8) is 0 Å². The normalized spacial score (nSPS) is 43.4. The predicted octanol–water partition coefficient (Wildman–Crippen LogP) is -4.75. The molecule has 0 unspecified atom stereocenters. The Kier molecular flexibility index (Phi) is 8.69. The van der Waals surface area contributed by atoms with E-state index in [1.807, 2.05) is 0 Å². The summed E-state index contributed by atoms with van der Waals surface area (Å²) in [4.78, 5) is 22.6. The standard InChI is InChI=1S/C17H29NO13/c1-6-10(23)12(25)15(27)17(30-6,5-18-8(20)3-9(21)22)31-14-11(24)7(4-19)29-16(28-2)13(14)26/h6-7,10-16,19,23-27H,3-5H2,1-2H3,(H,18,20)(H,21,22)/t6-,7+,10+,11+,12+,13+,14-,15-,16-,17-/m0/s1. The SMILES string of the molecule is CO[C@H]1O[C@H](CO)[C@@H](O)[C@H](O[C@]2(CNC(=O)CC(=O)O)O[C@@H](C)[C@@H](O)[C@@H](O)[C@@H]2O)[C@H]1O. The molecule has 8 N–H and O–H groups in total. The van der Waals surface area contributed by atoms with Crippen molar-refractivity contribution in [1.29, 1.82) is 0 Å². The van der Waals surface area contributed by atoms with Gasteiger partial charge in [-0.3, -0.25) is 9.59 Å². The maximum absolute atomic E-state index is 11.8. The zero-order chi connectivity index (χ0) is 23.5. The van der Waals surface area contributed by atoms with Gasteiger partial charge in [-0.05, 0) is 6.92 Å². The molecule has 0 spiro atoms. The largest absolute Gasteiger partial charge is 0.481 e. The molecule has 31 heavy (non-hydrogen) atoms. The van der Waals surface area contributed by atoms with Crippen LogP contribution in [-0.2, 0) is 28.5 Å². The topological polar surface area (TPSA) is 225 Å². The number of carbonyl (C=O) groups excluding carboxylic acids is 1. The third-order valence-corrected chi connectivity index (χ3v) is 5.22. The number of methoxy groups -OCH3 is 1. The summed E-state index contributed by atoms with van der Waals surface area (Å²) in [6, 6.07) is 0. The van der Waals surface area contributed by atoms with Crippen LogP contribution in [0.15, 0.2) is 0 Å². The number of nitrogens with one attached hydrogen (secondary N) is 1. The molecule has 10 atom stereocenters. The van der Waals surface area contributed by atoms with E-state index in [2.05, 4.69) is 5.32 Å². The molecule has 0 aromatic heterocycles.